The molecule has 0 spiro atoms. The molecule has 2 heterocycles. The maximum atomic E-state index is 6.90. The second kappa shape index (κ2) is 8.94. The summed E-state index contributed by atoms with van der Waals surface area (Å²) in [5.74, 6) is 0. The molecule has 3 atom stereocenters. The first-order valence-corrected chi connectivity index (χ1v) is 13.6. The predicted molar refractivity (Wildman–Crippen MR) is 99.7 cm³/mol. The summed E-state index contributed by atoms with van der Waals surface area (Å²) < 4.78 is 13.1. The molecule has 2 saturated heterocycles. The van der Waals surface area contributed by atoms with Gasteiger partial charge in [0.25, 0.3) is 0 Å². The third-order valence-corrected chi connectivity index (χ3v) is 15.6. The van der Waals surface area contributed by atoms with Crippen LogP contribution in [0.3, 0.4) is 0 Å². The van der Waals surface area contributed by atoms with E-state index in [0.29, 0.717) is 5.67 Å². The lowest BCUT2D eigenvalue weighted by molar-refractivity contribution is 0.0636. The summed E-state index contributed by atoms with van der Waals surface area (Å²) >= 11 is 0. The summed E-state index contributed by atoms with van der Waals surface area (Å²) in [6.45, 7) is 11.2. The van der Waals surface area contributed by atoms with E-state index in [9.17, 15) is 0 Å². The van der Waals surface area contributed by atoms with Crippen LogP contribution in [0.4, 0.5) is 0 Å². The lowest BCUT2D eigenvalue weighted by atomic mass is 10.0. The molecule has 2 aliphatic rings. The van der Waals surface area contributed by atoms with Gasteiger partial charge in [-0.05, 0) is 57.4 Å². The molecule has 0 bridgehead atoms. The van der Waals surface area contributed by atoms with Crippen molar-refractivity contribution in [3.8, 4) is 0 Å². The molecule has 0 aromatic carbocycles. The van der Waals surface area contributed by atoms with Crippen molar-refractivity contribution in [3.05, 3.63) is 0 Å². The van der Waals surface area contributed by atoms with Gasteiger partial charge in [-0.25, -0.2) is 0 Å². The van der Waals surface area contributed by atoms with E-state index in [4.69, 9.17) is 8.85 Å². The van der Waals surface area contributed by atoms with Gasteiger partial charge in [-0.1, -0.05) is 26.7 Å². The van der Waals surface area contributed by atoms with E-state index in [2.05, 4.69) is 33.0 Å². The van der Waals surface area contributed by atoms with Crippen LogP contribution in [0, 0.1) is 0 Å². The van der Waals surface area contributed by atoms with Crippen LogP contribution in [0.5, 0.6) is 0 Å². The molecule has 2 rings (SSSR count). The van der Waals surface area contributed by atoms with Crippen molar-refractivity contribution < 1.29 is 8.85 Å². The first kappa shape index (κ1) is 20.3. The highest BCUT2D eigenvalue weighted by Crippen LogP contribution is 2.39. The molecule has 0 aromatic heterocycles. The van der Waals surface area contributed by atoms with Crippen LogP contribution in [0.2, 0.25) is 17.8 Å². The number of rotatable bonds is 6. The Morgan fingerprint density at radius 2 is 2.00 bits per heavy atom. The van der Waals surface area contributed by atoms with Crippen molar-refractivity contribution in [1.29, 1.82) is 0 Å². The first-order valence-electron chi connectivity index (χ1n) is 9.06. The highest BCUT2D eigenvalue weighted by atomic mass is 28.4. The van der Waals surface area contributed by atoms with Gasteiger partial charge in [0.1, 0.15) is 0 Å². The zero-order chi connectivity index (χ0) is 15.3. The SMILES string of the molecule is CCNC(CC)[Si]1(C[SiH]2CCCCO2)CCCC(C)(C)O1.N. The lowest BCUT2D eigenvalue weighted by Gasteiger charge is -2.49. The molecule has 2 fully saturated rings. The average Bonchev–Trinajstić information content (AvgIpc) is 2.44. The average molecular weight is 347 g/mol. The Bertz CT molecular complexity index is 325. The molecular formula is C16H38N2O2Si2. The van der Waals surface area contributed by atoms with Crippen LogP contribution < -0.4 is 11.5 Å². The Morgan fingerprint density at radius 1 is 1.23 bits per heavy atom. The molecule has 22 heavy (non-hydrogen) atoms. The van der Waals surface area contributed by atoms with Crippen LogP contribution in [0.1, 0.15) is 59.8 Å². The minimum Gasteiger partial charge on any atom is -0.420 e. The molecule has 4 N–H and O–H groups in total. The molecule has 4 nitrogen and oxygen atoms in total. The molecule has 0 radical (unpaired) electrons. The number of hydrogen-bond donors (Lipinski definition) is 2. The predicted octanol–water partition coefficient (Wildman–Crippen LogP) is 3.68. The number of nitrogens with one attached hydrogen (secondary N) is 1. The van der Waals surface area contributed by atoms with E-state index in [1.807, 2.05) is 0 Å². The number of hydrogen-bond acceptors (Lipinski definition) is 4. The zero-order valence-corrected chi connectivity index (χ0v) is 17.4. The van der Waals surface area contributed by atoms with Crippen molar-refractivity contribution in [2.75, 3.05) is 13.2 Å². The quantitative estimate of drug-likeness (QED) is 0.720. The third-order valence-electron chi connectivity index (χ3n) is 5.20. The van der Waals surface area contributed by atoms with Crippen LogP contribution in [0.25, 0.3) is 0 Å². The smallest absolute Gasteiger partial charge is 0.209 e. The fourth-order valence-corrected chi connectivity index (χ4v) is 16.3. The van der Waals surface area contributed by atoms with E-state index in [0.717, 1.165) is 13.2 Å². The largest absolute Gasteiger partial charge is 0.420 e. The van der Waals surface area contributed by atoms with Gasteiger partial charge < -0.3 is 20.3 Å². The van der Waals surface area contributed by atoms with Crippen molar-refractivity contribution in [3.63, 3.8) is 0 Å². The van der Waals surface area contributed by atoms with Crippen molar-refractivity contribution in [1.82, 2.24) is 11.5 Å². The highest BCUT2D eigenvalue weighted by molar-refractivity contribution is 6.85. The zero-order valence-electron chi connectivity index (χ0n) is 15.2. The van der Waals surface area contributed by atoms with Crippen molar-refractivity contribution in [2.45, 2.75) is 88.8 Å². The van der Waals surface area contributed by atoms with E-state index in [-0.39, 0.29) is 11.8 Å². The summed E-state index contributed by atoms with van der Waals surface area (Å²) in [4.78, 5) is 0. The second-order valence-corrected chi connectivity index (χ2v) is 14.8. The second-order valence-electron chi connectivity index (χ2n) is 7.49. The van der Waals surface area contributed by atoms with E-state index < -0.39 is 17.4 Å². The van der Waals surface area contributed by atoms with Crippen LogP contribution in [0.15, 0.2) is 0 Å². The van der Waals surface area contributed by atoms with E-state index in [1.54, 1.807) is 0 Å². The van der Waals surface area contributed by atoms with Crippen molar-refractivity contribution >= 4 is 17.4 Å². The molecule has 132 valence electrons. The Labute approximate surface area is 140 Å². The van der Waals surface area contributed by atoms with E-state index >= 15 is 0 Å². The normalized spacial score (nSPS) is 33.0. The van der Waals surface area contributed by atoms with Gasteiger partial charge in [-0.3, -0.25) is 0 Å². The lowest BCUT2D eigenvalue weighted by Crippen LogP contribution is -2.63. The fourth-order valence-electron chi connectivity index (χ4n) is 4.30. The molecule has 3 unspecified atom stereocenters. The molecule has 6 heteroatoms. The van der Waals surface area contributed by atoms with Gasteiger partial charge in [-0.2, -0.15) is 0 Å². The summed E-state index contributed by atoms with van der Waals surface area (Å²) in [5, 5.41) is 3.77. The Morgan fingerprint density at radius 3 is 2.55 bits per heavy atom. The maximum Gasteiger partial charge on any atom is 0.209 e. The first-order chi connectivity index (χ1) is 10.0. The van der Waals surface area contributed by atoms with Gasteiger partial charge >= 0.3 is 0 Å². The monoisotopic (exact) mass is 346 g/mol. The maximum absolute atomic E-state index is 6.90. The molecule has 0 amide bonds. The Hall–Kier alpha value is 0.274. The summed E-state index contributed by atoms with van der Waals surface area (Å²) in [6.07, 6.45) is 6.44. The van der Waals surface area contributed by atoms with Gasteiger partial charge in [-0.15, -0.1) is 0 Å². The topological polar surface area (TPSA) is 65.5 Å². The molecule has 2 aliphatic heterocycles. The summed E-state index contributed by atoms with van der Waals surface area (Å²) in [6, 6.07) is 2.72. The van der Waals surface area contributed by atoms with Gasteiger partial charge in [0, 0.05) is 12.3 Å². The summed E-state index contributed by atoms with van der Waals surface area (Å²) in [7, 11) is -2.75. The third kappa shape index (κ3) is 5.14. The van der Waals surface area contributed by atoms with Crippen LogP contribution in [-0.4, -0.2) is 41.8 Å². The molecule has 0 aliphatic carbocycles. The minimum absolute atomic E-state index is 0. The highest BCUT2D eigenvalue weighted by Gasteiger charge is 2.50. The minimum atomic E-state index is -1.73. The Balaban J connectivity index is 0.00000242. The molecule has 0 aromatic rings. The van der Waals surface area contributed by atoms with Gasteiger partial charge in [0.2, 0.25) is 8.32 Å². The van der Waals surface area contributed by atoms with Gasteiger partial charge in [0.15, 0.2) is 9.04 Å². The van der Waals surface area contributed by atoms with Gasteiger partial charge in [0.05, 0.1) is 5.60 Å². The standard InChI is InChI=1S/C16H35NO2Si2.H3N/c1-5-15(17-6-2)21(13-9-10-16(3,4)19-21)14-20-12-8-7-11-18-20;/h15,17,20H,5-14H2,1-4H3;1H3. The van der Waals surface area contributed by atoms with E-state index in [1.165, 1.54) is 49.9 Å². The van der Waals surface area contributed by atoms with Crippen LogP contribution in [-0.2, 0) is 8.85 Å². The fraction of sp³-hybridized carbons (Fsp3) is 1.00. The van der Waals surface area contributed by atoms with Crippen molar-refractivity contribution in [2.24, 2.45) is 0 Å². The Kier molecular flexibility index (Phi) is 8.26. The molecule has 0 saturated carbocycles. The van der Waals surface area contributed by atoms with Crippen LogP contribution >= 0.6 is 0 Å². The summed E-state index contributed by atoms with van der Waals surface area (Å²) in [5.41, 5.74) is 2.03. The molecular weight excluding hydrogens is 308 g/mol.